The molecule has 0 amide bonds. The summed E-state index contributed by atoms with van der Waals surface area (Å²) in [5.41, 5.74) is 3.10. The van der Waals surface area contributed by atoms with Gasteiger partial charge in [0.1, 0.15) is 0 Å². The lowest BCUT2D eigenvalue weighted by molar-refractivity contribution is 0.0993. The van der Waals surface area contributed by atoms with Gasteiger partial charge in [0.2, 0.25) is 0 Å². The number of thiophene rings is 2. The highest BCUT2D eigenvalue weighted by Gasteiger charge is 2.13. The zero-order valence-corrected chi connectivity index (χ0v) is 11.6. The van der Waals surface area contributed by atoms with Crippen molar-refractivity contribution in [1.29, 1.82) is 0 Å². The first-order valence-electron chi connectivity index (χ1n) is 5.77. The molecule has 2 aromatic heterocycles. The number of hydrogen-bond acceptors (Lipinski definition) is 3. The van der Waals surface area contributed by atoms with Crippen LogP contribution in [0.4, 0.5) is 0 Å². The molecule has 3 rings (SSSR count). The van der Waals surface area contributed by atoms with E-state index in [4.69, 9.17) is 0 Å². The van der Waals surface area contributed by atoms with Crippen LogP contribution in [-0.2, 0) is 6.42 Å². The largest absolute Gasteiger partial charge is 0.294 e. The number of carbonyl (C=O) groups excluding carboxylic acids is 1. The molecule has 2 heterocycles. The molecule has 0 radical (unpaired) electrons. The maximum Gasteiger partial charge on any atom is 0.168 e. The summed E-state index contributed by atoms with van der Waals surface area (Å²) in [5, 5.41) is 7.29. The van der Waals surface area contributed by atoms with Crippen molar-refractivity contribution in [3.63, 3.8) is 0 Å². The van der Waals surface area contributed by atoms with Crippen molar-refractivity contribution in [1.82, 2.24) is 0 Å². The van der Waals surface area contributed by atoms with Crippen LogP contribution in [0.5, 0.6) is 0 Å². The minimum Gasteiger partial charge on any atom is -0.294 e. The minimum absolute atomic E-state index is 0.220. The number of benzene rings is 1. The number of fused-ring (bicyclic) bond motifs is 1. The number of ketones is 1. The second-order valence-corrected chi connectivity index (χ2v) is 5.98. The van der Waals surface area contributed by atoms with Gasteiger partial charge in [-0.25, -0.2) is 0 Å². The van der Waals surface area contributed by atoms with E-state index in [0.29, 0.717) is 6.42 Å². The highest BCUT2D eigenvalue weighted by Crippen LogP contribution is 2.27. The number of rotatable bonds is 3. The van der Waals surface area contributed by atoms with Crippen LogP contribution in [0.15, 0.2) is 40.4 Å². The van der Waals surface area contributed by atoms with Gasteiger partial charge in [0.15, 0.2) is 5.78 Å². The molecular weight excluding hydrogens is 260 g/mol. The lowest BCUT2D eigenvalue weighted by Crippen LogP contribution is -2.03. The Kier molecular flexibility index (Phi) is 3.02. The Morgan fingerprint density at radius 2 is 2.00 bits per heavy atom. The standard InChI is InChI=1S/C15H12OS2/c1-10-7-17-9-13(10)14(16)6-11-8-18-15-5-3-2-4-12(11)15/h2-5,7-9H,6H2,1H3. The predicted molar refractivity (Wildman–Crippen MR) is 78.9 cm³/mol. The Bertz CT molecular complexity index is 706. The molecule has 0 aliphatic carbocycles. The van der Waals surface area contributed by atoms with Crippen LogP contribution >= 0.6 is 22.7 Å². The SMILES string of the molecule is Cc1cscc1C(=O)Cc1csc2ccccc12. The smallest absolute Gasteiger partial charge is 0.168 e. The van der Waals surface area contributed by atoms with Gasteiger partial charge in [0.05, 0.1) is 0 Å². The van der Waals surface area contributed by atoms with Crippen molar-refractivity contribution < 1.29 is 4.79 Å². The Morgan fingerprint density at radius 1 is 1.17 bits per heavy atom. The highest BCUT2D eigenvalue weighted by molar-refractivity contribution is 7.17. The summed E-state index contributed by atoms with van der Waals surface area (Å²) in [5.74, 6) is 0.220. The first kappa shape index (κ1) is 11.6. The molecular formula is C15H12OS2. The Morgan fingerprint density at radius 3 is 2.78 bits per heavy atom. The van der Waals surface area contributed by atoms with Gasteiger partial charge >= 0.3 is 0 Å². The lowest BCUT2D eigenvalue weighted by atomic mass is 10.0. The molecule has 1 nitrogen and oxygen atoms in total. The molecule has 0 spiro atoms. The van der Waals surface area contributed by atoms with Gasteiger partial charge in [-0.1, -0.05) is 18.2 Å². The topological polar surface area (TPSA) is 17.1 Å². The van der Waals surface area contributed by atoms with Gasteiger partial charge in [0.25, 0.3) is 0 Å². The molecule has 0 saturated heterocycles. The molecule has 0 N–H and O–H groups in total. The van der Waals surface area contributed by atoms with E-state index in [9.17, 15) is 4.79 Å². The first-order chi connectivity index (χ1) is 8.75. The van der Waals surface area contributed by atoms with E-state index in [0.717, 1.165) is 16.7 Å². The molecule has 0 aliphatic heterocycles. The highest BCUT2D eigenvalue weighted by atomic mass is 32.1. The summed E-state index contributed by atoms with van der Waals surface area (Å²) < 4.78 is 1.25. The molecule has 0 bridgehead atoms. The average molecular weight is 272 g/mol. The van der Waals surface area contributed by atoms with Crippen LogP contribution < -0.4 is 0 Å². The van der Waals surface area contributed by atoms with E-state index < -0.39 is 0 Å². The molecule has 90 valence electrons. The van der Waals surface area contributed by atoms with E-state index >= 15 is 0 Å². The monoisotopic (exact) mass is 272 g/mol. The lowest BCUT2D eigenvalue weighted by Gasteiger charge is -1.99. The van der Waals surface area contributed by atoms with E-state index in [2.05, 4.69) is 17.5 Å². The van der Waals surface area contributed by atoms with Gasteiger partial charge in [-0.3, -0.25) is 4.79 Å². The van der Waals surface area contributed by atoms with Crippen molar-refractivity contribution in [2.45, 2.75) is 13.3 Å². The summed E-state index contributed by atoms with van der Waals surface area (Å²) in [6.45, 7) is 2.00. The fraction of sp³-hybridized carbons (Fsp3) is 0.133. The third-order valence-corrected chi connectivity index (χ3v) is 4.94. The summed E-state index contributed by atoms with van der Waals surface area (Å²) in [6.07, 6.45) is 0.502. The van der Waals surface area contributed by atoms with Crippen molar-refractivity contribution in [2.75, 3.05) is 0 Å². The predicted octanol–water partition coefficient (Wildman–Crippen LogP) is 4.70. The van der Waals surface area contributed by atoms with Crippen molar-refractivity contribution >= 4 is 38.5 Å². The molecule has 0 unspecified atom stereocenters. The zero-order chi connectivity index (χ0) is 12.5. The van der Waals surface area contributed by atoms with Gasteiger partial charge in [0, 0.05) is 22.1 Å². The van der Waals surface area contributed by atoms with Gasteiger partial charge < -0.3 is 0 Å². The summed E-state index contributed by atoms with van der Waals surface area (Å²) in [7, 11) is 0. The van der Waals surface area contributed by atoms with Crippen LogP contribution in [0.3, 0.4) is 0 Å². The third kappa shape index (κ3) is 2.00. The molecule has 0 aliphatic rings. The first-order valence-corrected chi connectivity index (χ1v) is 7.59. The van der Waals surface area contributed by atoms with Crippen molar-refractivity contribution in [2.24, 2.45) is 0 Å². The normalized spacial score (nSPS) is 10.9. The van der Waals surface area contributed by atoms with E-state index in [-0.39, 0.29) is 5.78 Å². The van der Waals surface area contributed by atoms with Crippen molar-refractivity contribution in [3.8, 4) is 0 Å². The number of Topliss-reactive ketones (excluding diaryl/α,β-unsaturated/α-hetero) is 1. The number of hydrogen-bond donors (Lipinski definition) is 0. The Labute approximate surface area is 114 Å². The molecule has 0 atom stereocenters. The zero-order valence-electron chi connectivity index (χ0n) is 9.97. The average Bonchev–Trinajstić information content (AvgIpc) is 2.97. The third-order valence-electron chi connectivity index (χ3n) is 3.07. The maximum atomic E-state index is 12.2. The number of carbonyl (C=O) groups is 1. The maximum absolute atomic E-state index is 12.2. The Balaban J connectivity index is 1.93. The summed E-state index contributed by atoms with van der Waals surface area (Å²) in [4.78, 5) is 12.2. The van der Waals surface area contributed by atoms with Crippen LogP contribution in [-0.4, -0.2) is 5.78 Å². The molecule has 3 aromatic rings. The quantitative estimate of drug-likeness (QED) is 0.632. The van der Waals surface area contributed by atoms with Gasteiger partial charge in [-0.15, -0.1) is 11.3 Å². The van der Waals surface area contributed by atoms with Crippen LogP contribution in [0.25, 0.3) is 10.1 Å². The van der Waals surface area contributed by atoms with Crippen molar-refractivity contribution in [3.05, 3.63) is 57.1 Å². The van der Waals surface area contributed by atoms with E-state index in [1.165, 1.54) is 10.1 Å². The van der Waals surface area contributed by atoms with Crippen LogP contribution in [0.2, 0.25) is 0 Å². The minimum atomic E-state index is 0.220. The summed E-state index contributed by atoms with van der Waals surface area (Å²) >= 11 is 3.30. The van der Waals surface area contributed by atoms with E-state index in [1.54, 1.807) is 22.7 Å². The Hall–Kier alpha value is -1.45. The second-order valence-electron chi connectivity index (χ2n) is 4.33. The number of aryl methyl sites for hydroxylation is 1. The second kappa shape index (κ2) is 4.67. The summed E-state index contributed by atoms with van der Waals surface area (Å²) in [6, 6.07) is 8.26. The van der Waals surface area contributed by atoms with Gasteiger partial charge in [-0.05, 0) is 40.3 Å². The van der Waals surface area contributed by atoms with Gasteiger partial charge in [-0.2, -0.15) is 11.3 Å². The van der Waals surface area contributed by atoms with Crippen LogP contribution in [0, 0.1) is 6.92 Å². The fourth-order valence-electron chi connectivity index (χ4n) is 2.08. The molecule has 0 saturated carbocycles. The molecule has 1 aromatic carbocycles. The fourth-order valence-corrected chi connectivity index (χ4v) is 3.90. The van der Waals surface area contributed by atoms with Crippen LogP contribution in [0.1, 0.15) is 21.5 Å². The molecule has 0 fully saturated rings. The molecule has 18 heavy (non-hydrogen) atoms. The van der Waals surface area contributed by atoms with E-state index in [1.807, 2.05) is 29.8 Å². The molecule has 3 heteroatoms.